The number of anilines is 2. The number of thioether (sulfide) groups is 1. The van der Waals surface area contributed by atoms with E-state index in [2.05, 4.69) is 63.0 Å². The van der Waals surface area contributed by atoms with E-state index in [0.29, 0.717) is 5.69 Å². The molecule has 0 radical (unpaired) electrons. The van der Waals surface area contributed by atoms with E-state index in [0.717, 1.165) is 66.9 Å². The lowest BCUT2D eigenvalue weighted by molar-refractivity contribution is -0.130. The monoisotopic (exact) mass is 539 g/mol. The zero-order valence-electron chi connectivity index (χ0n) is 21.9. The van der Waals surface area contributed by atoms with Gasteiger partial charge in [0.1, 0.15) is 0 Å². The molecule has 6 rings (SSSR count). The molecule has 3 amide bonds. The van der Waals surface area contributed by atoms with Crippen LogP contribution in [0.5, 0.6) is 0 Å². The van der Waals surface area contributed by atoms with Crippen LogP contribution in [0.4, 0.5) is 16.2 Å². The van der Waals surface area contributed by atoms with Gasteiger partial charge in [0.05, 0.1) is 18.2 Å². The number of likely N-dealkylation sites (tertiary alicyclic amines) is 1. The Morgan fingerprint density at radius 3 is 2.64 bits per heavy atom. The van der Waals surface area contributed by atoms with Crippen LogP contribution in [-0.4, -0.2) is 47.2 Å². The third-order valence-electron chi connectivity index (χ3n) is 7.52. The van der Waals surface area contributed by atoms with Crippen LogP contribution in [0.3, 0.4) is 0 Å². The van der Waals surface area contributed by atoms with Crippen molar-refractivity contribution in [3.8, 4) is 0 Å². The highest BCUT2D eigenvalue weighted by Gasteiger charge is 2.26. The zero-order valence-corrected chi connectivity index (χ0v) is 22.7. The minimum Gasteiger partial charge on any atom is -0.365 e. The first kappa shape index (κ1) is 25.4. The minimum absolute atomic E-state index is 0.0823. The molecule has 0 spiro atoms. The van der Waals surface area contributed by atoms with Gasteiger partial charge in [0.2, 0.25) is 5.91 Å². The van der Waals surface area contributed by atoms with Crippen LogP contribution in [0.25, 0.3) is 10.9 Å². The standard InChI is InChI=1S/C31H33N5O2S/c37-30(35-14-4-5-15-35)20-27(34-31(38)33-25-10-8-23-12-13-32-26(23)19-25)24-9-11-29-28(18-24)36(16-17-39-29)21-22-6-2-1-3-7-22/h1-3,6-13,18-19,27,32H,4-5,14-17,20-21H2,(H2,33,34,38). The van der Waals surface area contributed by atoms with Crippen LogP contribution in [0, 0.1) is 0 Å². The highest BCUT2D eigenvalue weighted by Crippen LogP contribution is 2.38. The molecule has 0 saturated carbocycles. The Bertz CT molecular complexity index is 1460. The van der Waals surface area contributed by atoms with Crippen LogP contribution in [0.1, 0.15) is 36.4 Å². The van der Waals surface area contributed by atoms with E-state index in [-0.39, 0.29) is 18.4 Å². The molecular weight excluding hydrogens is 506 g/mol. The number of H-pyrrole nitrogens is 1. The van der Waals surface area contributed by atoms with Crippen molar-refractivity contribution >= 4 is 46.0 Å². The van der Waals surface area contributed by atoms with E-state index in [4.69, 9.17) is 0 Å². The molecule has 2 aliphatic heterocycles. The van der Waals surface area contributed by atoms with E-state index < -0.39 is 6.04 Å². The summed E-state index contributed by atoms with van der Waals surface area (Å²) in [5.41, 5.74) is 5.02. The molecule has 1 atom stereocenters. The number of nitrogens with one attached hydrogen (secondary N) is 3. The highest BCUT2D eigenvalue weighted by atomic mass is 32.2. The second-order valence-electron chi connectivity index (χ2n) is 10.2. The second kappa shape index (κ2) is 11.5. The van der Waals surface area contributed by atoms with Gasteiger partial charge in [-0.25, -0.2) is 4.79 Å². The number of hydrogen-bond donors (Lipinski definition) is 3. The largest absolute Gasteiger partial charge is 0.365 e. The van der Waals surface area contributed by atoms with Crippen molar-refractivity contribution in [1.29, 1.82) is 0 Å². The molecule has 200 valence electrons. The Morgan fingerprint density at radius 1 is 0.949 bits per heavy atom. The molecule has 8 heteroatoms. The number of carbonyl (C=O) groups excluding carboxylic acids is 2. The van der Waals surface area contributed by atoms with Gasteiger partial charge in [-0.15, -0.1) is 11.8 Å². The van der Waals surface area contributed by atoms with Crippen molar-refractivity contribution in [2.24, 2.45) is 0 Å². The molecule has 3 aromatic carbocycles. The lowest BCUT2D eigenvalue weighted by Crippen LogP contribution is -2.37. The van der Waals surface area contributed by atoms with Crippen LogP contribution >= 0.6 is 11.8 Å². The number of aromatic amines is 1. The summed E-state index contributed by atoms with van der Waals surface area (Å²) < 4.78 is 0. The van der Waals surface area contributed by atoms with Gasteiger partial charge in [-0.2, -0.15) is 0 Å². The topological polar surface area (TPSA) is 80.5 Å². The summed E-state index contributed by atoms with van der Waals surface area (Å²) in [7, 11) is 0. The number of urea groups is 1. The number of carbonyl (C=O) groups is 2. The fraction of sp³-hybridized carbons (Fsp3) is 0.290. The fourth-order valence-corrected chi connectivity index (χ4v) is 6.48. The molecule has 7 nitrogen and oxygen atoms in total. The van der Waals surface area contributed by atoms with E-state index in [1.165, 1.54) is 10.5 Å². The molecule has 1 saturated heterocycles. The molecule has 1 unspecified atom stereocenters. The predicted octanol–water partition coefficient (Wildman–Crippen LogP) is 6.16. The minimum atomic E-state index is -0.442. The van der Waals surface area contributed by atoms with Gasteiger partial charge < -0.3 is 25.4 Å². The quantitative estimate of drug-likeness (QED) is 0.263. The van der Waals surface area contributed by atoms with E-state index >= 15 is 0 Å². The summed E-state index contributed by atoms with van der Waals surface area (Å²) in [6.45, 7) is 3.35. The normalized spacial score (nSPS) is 15.7. The van der Waals surface area contributed by atoms with Gasteiger partial charge in [0.25, 0.3) is 0 Å². The average molecular weight is 540 g/mol. The molecule has 1 aromatic heterocycles. The summed E-state index contributed by atoms with van der Waals surface area (Å²) in [4.78, 5) is 35.1. The Labute approximate surface area is 233 Å². The van der Waals surface area contributed by atoms with Crippen LogP contribution in [0.2, 0.25) is 0 Å². The lowest BCUT2D eigenvalue weighted by atomic mass is 10.0. The molecular formula is C31H33N5O2S. The van der Waals surface area contributed by atoms with Crippen molar-refractivity contribution in [3.05, 3.63) is 90.1 Å². The smallest absolute Gasteiger partial charge is 0.319 e. The third kappa shape index (κ3) is 5.91. The van der Waals surface area contributed by atoms with E-state index in [1.807, 2.05) is 53.2 Å². The van der Waals surface area contributed by atoms with Crippen molar-refractivity contribution in [1.82, 2.24) is 15.2 Å². The number of fused-ring (bicyclic) bond motifs is 2. The van der Waals surface area contributed by atoms with Crippen LogP contribution < -0.4 is 15.5 Å². The first-order chi connectivity index (χ1) is 19.1. The van der Waals surface area contributed by atoms with E-state index in [9.17, 15) is 9.59 Å². The first-order valence-electron chi connectivity index (χ1n) is 13.6. The number of benzene rings is 3. The first-order valence-corrected chi connectivity index (χ1v) is 14.6. The maximum atomic E-state index is 13.2. The maximum absolute atomic E-state index is 13.2. The molecule has 3 heterocycles. The van der Waals surface area contributed by atoms with Gasteiger partial charge in [-0.05, 0) is 59.7 Å². The van der Waals surface area contributed by atoms with Gasteiger partial charge >= 0.3 is 6.03 Å². The summed E-state index contributed by atoms with van der Waals surface area (Å²) in [5, 5.41) is 7.16. The summed E-state index contributed by atoms with van der Waals surface area (Å²) in [5.74, 6) is 1.11. The fourth-order valence-electron chi connectivity index (χ4n) is 5.45. The molecule has 3 N–H and O–H groups in total. The summed E-state index contributed by atoms with van der Waals surface area (Å²) in [6.07, 6.45) is 4.18. The van der Waals surface area contributed by atoms with Gasteiger partial charge in [0, 0.05) is 54.2 Å². The van der Waals surface area contributed by atoms with Crippen molar-refractivity contribution in [3.63, 3.8) is 0 Å². The van der Waals surface area contributed by atoms with Crippen LogP contribution in [0.15, 0.2) is 83.9 Å². The van der Waals surface area contributed by atoms with Crippen LogP contribution in [-0.2, 0) is 11.3 Å². The second-order valence-corrected chi connectivity index (χ2v) is 11.3. The molecule has 0 bridgehead atoms. The zero-order chi connectivity index (χ0) is 26.6. The number of nitrogens with zero attached hydrogens (tertiary/aromatic N) is 2. The molecule has 2 aliphatic rings. The van der Waals surface area contributed by atoms with Gasteiger partial charge in [-0.3, -0.25) is 4.79 Å². The molecule has 4 aromatic rings. The Balaban J connectivity index is 1.25. The highest BCUT2D eigenvalue weighted by molar-refractivity contribution is 7.99. The van der Waals surface area contributed by atoms with Gasteiger partial charge in [-0.1, -0.05) is 42.5 Å². The summed E-state index contributed by atoms with van der Waals surface area (Å²) >= 11 is 1.86. The molecule has 1 fully saturated rings. The Hall–Kier alpha value is -3.91. The molecule has 39 heavy (non-hydrogen) atoms. The van der Waals surface area contributed by atoms with Crippen molar-refractivity contribution < 1.29 is 9.59 Å². The summed E-state index contributed by atoms with van der Waals surface area (Å²) in [6, 6.07) is 23.8. The Morgan fingerprint density at radius 2 is 1.79 bits per heavy atom. The van der Waals surface area contributed by atoms with Crippen molar-refractivity contribution in [2.45, 2.75) is 36.7 Å². The number of rotatable bonds is 7. The SMILES string of the molecule is O=C(Nc1ccc2cc[nH]c2c1)NC(CC(=O)N1CCCC1)c1ccc2c(c1)N(Cc1ccccc1)CCS2. The number of hydrogen-bond acceptors (Lipinski definition) is 4. The maximum Gasteiger partial charge on any atom is 0.319 e. The predicted molar refractivity (Wildman–Crippen MR) is 158 cm³/mol. The lowest BCUT2D eigenvalue weighted by Gasteiger charge is -2.32. The number of amides is 3. The van der Waals surface area contributed by atoms with Gasteiger partial charge in [0.15, 0.2) is 0 Å². The number of aromatic nitrogens is 1. The van der Waals surface area contributed by atoms with Crippen molar-refractivity contribution in [2.75, 3.05) is 35.6 Å². The molecule has 0 aliphatic carbocycles. The average Bonchev–Trinajstić information content (AvgIpc) is 3.66. The Kier molecular flexibility index (Phi) is 7.45. The van der Waals surface area contributed by atoms with E-state index in [1.54, 1.807) is 0 Å². The third-order valence-corrected chi connectivity index (χ3v) is 8.56.